The molecule has 0 aromatic heterocycles. The first-order valence-electron chi connectivity index (χ1n) is 6.45. The van der Waals surface area contributed by atoms with Crippen LogP contribution in [0.15, 0.2) is 0 Å². The fourth-order valence-electron chi connectivity index (χ4n) is 3.08. The molecule has 98 valence electrons. The maximum atomic E-state index is 12.1. The van der Waals surface area contributed by atoms with E-state index in [1.165, 1.54) is 0 Å². The molecule has 0 bridgehead atoms. The molecular formula is C13H24N2O2. The van der Waals surface area contributed by atoms with Gasteiger partial charge in [-0.05, 0) is 26.7 Å². The number of carbonyl (C=O) groups is 1. The predicted molar refractivity (Wildman–Crippen MR) is 66.9 cm³/mol. The van der Waals surface area contributed by atoms with Crippen LogP contribution in [0.2, 0.25) is 0 Å². The second-order valence-corrected chi connectivity index (χ2v) is 6.76. The first-order chi connectivity index (χ1) is 7.75. The van der Waals surface area contributed by atoms with Crippen molar-refractivity contribution in [2.24, 2.45) is 11.3 Å². The molecule has 4 heteroatoms. The van der Waals surface area contributed by atoms with E-state index in [0.717, 1.165) is 19.6 Å². The van der Waals surface area contributed by atoms with Crippen LogP contribution in [0.25, 0.3) is 0 Å². The highest BCUT2D eigenvalue weighted by Crippen LogP contribution is 2.45. The first-order valence-corrected chi connectivity index (χ1v) is 6.45. The van der Waals surface area contributed by atoms with Gasteiger partial charge in [0.25, 0.3) is 0 Å². The number of hydrogen-bond acceptors (Lipinski definition) is 3. The molecular weight excluding hydrogens is 216 g/mol. The Balaban J connectivity index is 2.01. The summed E-state index contributed by atoms with van der Waals surface area (Å²) in [6, 6.07) is 0.332. The second-order valence-electron chi connectivity index (χ2n) is 6.76. The number of carbonyl (C=O) groups excluding carboxylic acids is 1. The van der Waals surface area contributed by atoms with Crippen molar-refractivity contribution < 1.29 is 9.53 Å². The van der Waals surface area contributed by atoms with Gasteiger partial charge >= 0.3 is 6.09 Å². The number of nitrogens with one attached hydrogen (secondary N) is 1. The van der Waals surface area contributed by atoms with Crippen molar-refractivity contribution in [2.45, 2.75) is 46.3 Å². The molecule has 0 aromatic carbocycles. The first kappa shape index (κ1) is 12.7. The highest BCUT2D eigenvalue weighted by atomic mass is 16.6. The number of rotatable bonds is 1. The molecule has 0 radical (unpaired) electrons. The highest BCUT2D eigenvalue weighted by Gasteiger charge is 2.59. The Morgan fingerprint density at radius 2 is 2.00 bits per heavy atom. The number of hydrogen-bond donors (Lipinski definition) is 1. The summed E-state index contributed by atoms with van der Waals surface area (Å²) in [6.07, 6.45) is -0.159. The van der Waals surface area contributed by atoms with E-state index in [4.69, 9.17) is 4.74 Å². The molecule has 2 rings (SSSR count). The largest absolute Gasteiger partial charge is 0.444 e. The Bertz CT molecular complexity index is 316. The monoisotopic (exact) mass is 240 g/mol. The molecule has 1 spiro atoms. The van der Waals surface area contributed by atoms with E-state index in [9.17, 15) is 4.79 Å². The summed E-state index contributed by atoms with van der Waals surface area (Å²) in [5.74, 6) is 0.485. The Morgan fingerprint density at radius 1 is 1.41 bits per heavy atom. The summed E-state index contributed by atoms with van der Waals surface area (Å²) in [7, 11) is 0. The van der Waals surface area contributed by atoms with E-state index in [-0.39, 0.29) is 6.09 Å². The smallest absolute Gasteiger partial charge is 0.410 e. The highest BCUT2D eigenvalue weighted by molar-refractivity contribution is 5.70. The van der Waals surface area contributed by atoms with Crippen LogP contribution in [-0.4, -0.2) is 42.3 Å². The average molecular weight is 240 g/mol. The van der Waals surface area contributed by atoms with Crippen LogP contribution >= 0.6 is 0 Å². The minimum absolute atomic E-state index is 0.159. The number of nitrogens with zero attached hydrogens (tertiary/aromatic N) is 1. The second kappa shape index (κ2) is 3.87. The molecule has 2 fully saturated rings. The van der Waals surface area contributed by atoms with E-state index < -0.39 is 5.60 Å². The Hall–Kier alpha value is -0.770. The third-order valence-electron chi connectivity index (χ3n) is 3.66. The zero-order chi connectivity index (χ0) is 12.8. The van der Waals surface area contributed by atoms with Crippen LogP contribution in [0.4, 0.5) is 4.79 Å². The van der Waals surface area contributed by atoms with Crippen molar-refractivity contribution in [2.75, 3.05) is 19.6 Å². The number of ether oxygens (including phenoxy) is 1. The third-order valence-corrected chi connectivity index (χ3v) is 3.66. The van der Waals surface area contributed by atoms with Crippen molar-refractivity contribution in [1.29, 1.82) is 0 Å². The topological polar surface area (TPSA) is 41.6 Å². The molecule has 2 saturated heterocycles. The minimum Gasteiger partial charge on any atom is -0.444 e. The van der Waals surface area contributed by atoms with Crippen molar-refractivity contribution >= 4 is 6.09 Å². The van der Waals surface area contributed by atoms with Crippen molar-refractivity contribution in [3.8, 4) is 0 Å². The van der Waals surface area contributed by atoms with Gasteiger partial charge in [-0.1, -0.05) is 13.8 Å². The van der Waals surface area contributed by atoms with Gasteiger partial charge in [0.2, 0.25) is 0 Å². The van der Waals surface area contributed by atoms with Crippen LogP contribution in [0.1, 0.15) is 34.6 Å². The fraction of sp³-hybridized carbons (Fsp3) is 0.923. The summed E-state index contributed by atoms with van der Waals surface area (Å²) in [4.78, 5) is 14.0. The molecule has 2 heterocycles. The van der Waals surface area contributed by atoms with E-state index in [1.807, 2.05) is 25.7 Å². The Kier molecular flexibility index (Phi) is 2.89. The van der Waals surface area contributed by atoms with E-state index in [1.54, 1.807) is 0 Å². The van der Waals surface area contributed by atoms with Gasteiger partial charge in [-0.15, -0.1) is 0 Å². The Morgan fingerprint density at radius 3 is 2.35 bits per heavy atom. The molecule has 1 atom stereocenters. The fourth-order valence-corrected chi connectivity index (χ4v) is 3.08. The lowest BCUT2D eigenvalue weighted by molar-refractivity contribution is -0.122. The molecule has 0 aliphatic carbocycles. The normalized spacial score (nSPS) is 26.7. The maximum Gasteiger partial charge on any atom is 0.410 e. The van der Waals surface area contributed by atoms with Crippen LogP contribution in [0.3, 0.4) is 0 Å². The predicted octanol–water partition coefficient (Wildman–Crippen LogP) is 1.85. The van der Waals surface area contributed by atoms with Gasteiger partial charge in [0, 0.05) is 31.1 Å². The van der Waals surface area contributed by atoms with E-state index in [0.29, 0.717) is 17.4 Å². The van der Waals surface area contributed by atoms with E-state index >= 15 is 0 Å². The van der Waals surface area contributed by atoms with Crippen molar-refractivity contribution in [1.82, 2.24) is 10.2 Å². The van der Waals surface area contributed by atoms with E-state index in [2.05, 4.69) is 19.2 Å². The summed E-state index contributed by atoms with van der Waals surface area (Å²) in [6.45, 7) is 13.0. The molecule has 1 amide bonds. The van der Waals surface area contributed by atoms with Gasteiger partial charge in [0.1, 0.15) is 5.60 Å². The van der Waals surface area contributed by atoms with Gasteiger partial charge in [0.05, 0.1) is 0 Å². The van der Waals surface area contributed by atoms with Gasteiger partial charge in [-0.3, -0.25) is 0 Å². The van der Waals surface area contributed by atoms with Crippen LogP contribution in [-0.2, 0) is 4.74 Å². The summed E-state index contributed by atoms with van der Waals surface area (Å²) >= 11 is 0. The van der Waals surface area contributed by atoms with Crippen LogP contribution < -0.4 is 5.32 Å². The lowest BCUT2D eigenvalue weighted by Crippen LogP contribution is -2.79. The Labute approximate surface area is 104 Å². The maximum absolute atomic E-state index is 12.1. The standard InChI is InChI=1S/C13H24N2O2/c1-9(2)10-13(6-14-7-13)8-15(10)11(16)17-12(3,4)5/h9-10,14H,6-8H2,1-5H3. The van der Waals surface area contributed by atoms with Crippen LogP contribution in [0.5, 0.6) is 0 Å². The molecule has 0 aromatic rings. The quantitative estimate of drug-likeness (QED) is 0.760. The summed E-state index contributed by atoms with van der Waals surface area (Å²) < 4.78 is 5.45. The van der Waals surface area contributed by atoms with Gasteiger partial charge < -0.3 is 15.0 Å². The molecule has 2 aliphatic rings. The minimum atomic E-state index is -0.404. The lowest BCUT2D eigenvalue weighted by Gasteiger charge is -2.63. The zero-order valence-corrected chi connectivity index (χ0v) is 11.5. The van der Waals surface area contributed by atoms with Crippen molar-refractivity contribution in [3.63, 3.8) is 0 Å². The van der Waals surface area contributed by atoms with Crippen molar-refractivity contribution in [3.05, 3.63) is 0 Å². The molecule has 1 unspecified atom stereocenters. The molecule has 1 N–H and O–H groups in total. The number of amides is 1. The zero-order valence-electron chi connectivity index (χ0n) is 11.5. The van der Waals surface area contributed by atoms with Gasteiger partial charge in [-0.25, -0.2) is 4.79 Å². The summed E-state index contributed by atoms with van der Waals surface area (Å²) in [5.41, 5.74) is -0.0791. The summed E-state index contributed by atoms with van der Waals surface area (Å²) in [5, 5.41) is 3.32. The lowest BCUT2D eigenvalue weighted by atomic mass is 9.63. The molecule has 4 nitrogen and oxygen atoms in total. The molecule has 17 heavy (non-hydrogen) atoms. The number of likely N-dealkylation sites (tertiary alicyclic amines) is 1. The average Bonchev–Trinajstić information content (AvgIpc) is 1.92. The third kappa shape index (κ3) is 2.15. The van der Waals surface area contributed by atoms with Crippen LogP contribution in [0, 0.1) is 11.3 Å². The van der Waals surface area contributed by atoms with Gasteiger partial charge in [0.15, 0.2) is 0 Å². The SMILES string of the molecule is CC(C)C1N(C(=O)OC(C)(C)C)CC12CNC2. The van der Waals surface area contributed by atoms with Gasteiger partial charge in [-0.2, -0.15) is 0 Å². The molecule has 0 saturated carbocycles. The molecule has 2 aliphatic heterocycles.